The maximum absolute atomic E-state index is 13.4. The van der Waals surface area contributed by atoms with Gasteiger partial charge in [0.15, 0.2) is 0 Å². The molecule has 0 aliphatic heterocycles. The number of hydrogen-bond donors (Lipinski definition) is 3. The van der Waals surface area contributed by atoms with Crippen LogP contribution in [0, 0.1) is 20.8 Å². The fourth-order valence-electron chi connectivity index (χ4n) is 5.41. The first-order chi connectivity index (χ1) is 16.7. The summed E-state index contributed by atoms with van der Waals surface area (Å²) in [5, 5.41) is 3.02. The summed E-state index contributed by atoms with van der Waals surface area (Å²) in [5.74, 6) is 0.822. The number of anilines is 1. The van der Waals surface area contributed by atoms with Crippen molar-refractivity contribution in [2.45, 2.75) is 83.8 Å². The van der Waals surface area contributed by atoms with Gasteiger partial charge in [0, 0.05) is 59.4 Å². The number of quaternary nitrogens is 1. The van der Waals surface area contributed by atoms with E-state index in [4.69, 9.17) is 0 Å². The van der Waals surface area contributed by atoms with E-state index in [2.05, 4.69) is 56.1 Å². The molecule has 1 aliphatic rings. The summed E-state index contributed by atoms with van der Waals surface area (Å²) in [6, 6.07) is 7.45. The van der Waals surface area contributed by atoms with Crippen LogP contribution in [0.4, 0.5) is 5.69 Å². The highest BCUT2D eigenvalue weighted by molar-refractivity contribution is 7.99. The Morgan fingerprint density at radius 3 is 2.37 bits per heavy atom. The average Bonchev–Trinajstić information content (AvgIpc) is 2.81. The molecule has 1 fully saturated rings. The Morgan fingerprint density at radius 2 is 1.80 bits per heavy atom. The fraction of sp³-hybridized carbons (Fsp3) is 0.571. The second-order valence-electron chi connectivity index (χ2n) is 10.0. The van der Waals surface area contributed by atoms with Crippen molar-refractivity contribution in [1.29, 1.82) is 0 Å². The number of amides is 1. The van der Waals surface area contributed by atoms with E-state index in [1.54, 1.807) is 16.7 Å². The predicted octanol–water partition coefficient (Wildman–Crippen LogP) is 3.62. The Kier molecular flexibility index (Phi) is 9.47. The van der Waals surface area contributed by atoms with Gasteiger partial charge in [0.25, 0.3) is 11.5 Å². The van der Waals surface area contributed by atoms with E-state index in [-0.39, 0.29) is 18.0 Å². The molecule has 1 heterocycles. The van der Waals surface area contributed by atoms with Gasteiger partial charge in [0.2, 0.25) is 0 Å². The maximum atomic E-state index is 13.4. The van der Waals surface area contributed by atoms with Gasteiger partial charge < -0.3 is 20.1 Å². The highest BCUT2D eigenvalue weighted by Gasteiger charge is 2.30. The Balaban J connectivity index is 1.88. The zero-order valence-electron chi connectivity index (χ0n) is 22.5. The van der Waals surface area contributed by atoms with Gasteiger partial charge in [-0.3, -0.25) is 9.59 Å². The number of hydrogen-bond acceptors (Lipinski definition) is 4. The SMILES string of the molecule is CCSc1cc(C(=O)NCc2c(C)cc(C)[nH]c2=O)c(C)c(N(CC)C2CCC([NH+](C)C)CC2)c1. The van der Waals surface area contributed by atoms with Crippen LogP contribution in [0.25, 0.3) is 0 Å². The lowest BCUT2D eigenvalue weighted by atomic mass is 9.89. The number of H-pyrrole nitrogens is 1. The first-order valence-corrected chi connectivity index (χ1v) is 14.0. The zero-order chi connectivity index (χ0) is 25.7. The molecule has 3 rings (SSSR count). The van der Waals surface area contributed by atoms with Gasteiger partial charge in [-0.25, -0.2) is 0 Å². The fourth-order valence-corrected chi connectivity index (χ4v) is 6.14. The topological polar surface area (TPSA) is 69.6 Å². The van der Waals surface area contributed by atoms with E-state index >= 15 is 0 Å². The molecule has 3 N–H and O–H groups in total. The average molecular weight is 500 g/mol. The first kappa shape index (κ1) is 27.3. The van der Waals surface area contributed by atoms with Crippen molar-refractivity contribution in [3.63, 3.8) is 0 Å². The molecular weight excluding hydrogens is 456 g/mol. The van der Waals surface area contributed by atoms with Crippen LogP contribution in [0.5, 0.6) is 0 Å². The predicted molar refractivity (Wildman–Crippen MR) is 147 cm³/mol. The molecule has 0 spiro atoms. The minimum absolute atomic E-state index is 0.127. The van der Waals surface area contributed by atoms with Crippen LogP contribution in [0.15, 0.2) is 27.9 Å². The standard InChI is InChI=1S/C28H42N4O2S/c1-8-32(22-12-10-21(11-13-22)31(6)7)26-16-23(35-9-2)15-24(20(26)5)27(33)29-17-25-18(3)14-19(4)30-28(25)34/h14-16,21-22H,8-13,17H2,1-7H3,(H,29,33)(H,30,34)/p+1. The van der Waals surface area contributed by atoms with E-state index in [0.717, 1.165) is 40.1 Å². The molecule has 0 saturated heterocycles. The summed E-state index contributed by atoms with van der Waals surface area (Å²) in [7, 11) is 4.52. The molecule has 2 aromatic rings. The third-order valence-electron chi connectivity index (χ3n) is 7.43. The Bertz CT molecular complexity index is 1090. The number of thioether (sulfide) groups is 1. The summed E-state index contributed by atoms with van der Waals surface area (Å²) in [6.07, 6.45) is 4.85. The molecule has 0 atom stereocenters. The number of carbonyl (C=O) groups excluding carboxylic acids is 1. The molecular formula is C28H43N4O2S+. The third kappa shape index (κ3) is 6.50. The second-order valence-corrected chi connectivity index (χ2v) is 11.4. The van der Waals surface area contributed by atoms with Gasteiger partial charge >= 0.3 is 0 Å². The number of rotatable bonds is 9. The minimum atomic E-state index is -0.136. The van der Waals surface area contributed by atoms with E-state index in [9.17, 15) is 9.59 Å². The molecule has 0 unspecified atom stereocenters. The van der Waals surface area contributed by atoms with Crippen molar-refractivity contribution in [1.82, 2.24) is 10.3 Å². The number of nitrogens with one attached hydrogen (secondary N) is 3. The van der Waals surface area contributed by atoms with Crippen LogP contribution < -0.4 is 20.7 Å². The van der Waals surface area contributed by atoms with Crippen LogP contribution in [-0.2, 0) is 6.54 Å². The second kappa shape index (κ2) is 12.1. The van der Waals surface area contributed by atoms with Gasteiger partial charge in [0.1, 0.15) is 0 Å². The van der Waals surface area contributed by atoms with E-state index < -0.39 is 0 Å². The lowest BCUT2D eigenvalue weighted by Crippen LogP contribution is -3.10. The Labute approximate surface area is 214 Å². The van der Waals surface area contributed by atoms with E-state index in [1.165, 1.54) is 31.4 Å². The van der Waals surface area contributed by atoms with E-state index in [0.29, 0.717) is 17.2 Å². The van der Waals surface area contributed by atoms with Crippen molar-refractivity contribution in [3.8, 4) is 0 Å². The molecule has 6 nitrogen and oxygen atoms in total. The monoisotopic (exact) mass is 499 g/mol. The number of pyridine rings is 1. The lowest BCUT2D eigenvalue weighted by molar-refractivity contribution is -0.887. The third-order valence-corrected chi connectivity index (χ3v) is 8.29. The van der Waals surface area contributed by atoms with Crippen LogP contribution >= 0.6 is 11.8 Å². The van der Waals surface area contributed by atoms with Gasteiger partial charge in [-0.15, -0.1) is 11.8 Å². The van der Waals surface area contributed by atoms with Gasteiger partial charge in [-0.2, -0.15) is 0 Å². The molecule has 192 valence electrons. The largest absolute Gasteiger partial charge is 0.369 e. The van der Waals surface area contributed by atoms with Crippen LogP contribution in [0.3, 0.4) is 0 Å². The molecule has 0 bridgehead atoms. The molecule has 1 aromatic carbocycles. The van der Waals surface area contributed by atoms with Gasteiger partial charge in [0.05, 0.1) is 20.1 Å². The smallest absolute Gasteiger partial charge is 0.253 e. The Morgan fingerprint density at radius 1 is 1.11 bits per heavy atom. The lowest BCUT2D eigenvalue weighted by Gasteiger charge is -2.39. The molecule has 1 saturated carbocycles. The normalized spacial score (nSPS) is 18.1. The molecule has 7 heteroatoms. The number of nitrogens with zero attached hydrogens (tertiary/aromatic N) is 1. The summed E-state index contributed by atoms with van der Waals surface area (Å²) >= 11 is 1.76. The van der Waals surface area contributed by atoms with Crippen LogP contribution in [0.2, 0.25) is 0 Å². The molecule has 0 radical (unpaired) electrons. The van der Waals surface area contributed by atoms with Gasteiger partial charge in [-0.1, -0.05) is 6.92 Å². The number of carbonyl (C=O) groups is 1. The number of aromatic amines is 1. The van der Waals surface area contributed by atoms with Crippen molar-refractivity contribution < 1.29 is 9.69 Å². The number of aromatic nitrogens is 1. The quantitative estimate of drug-likeness (QED) is 0.461. The number of aryl methyl sites for hydroxylation is 2. The maximum Gasteiger partial charge on any atom is 0.253 e. The minimum Gasteiger partial charge on any atom is -0.369 e. The highest BCUT2D eigenvalue weighted by Crippen LogP contribution is 2.34. The molecule has 1 aromatic heterocycles. The van der Waals surface area contributed by atoms with Crippen molar-refractivity contribution in [2.24, 2.45) is 0 Å². The summed E-state index contributed by atoms with van der Waals surface area (Å²) in [4.78, 5) is 33.8. The number of benzene rings is 1. The van der Waals surface area contributed by atoms with Crippen LogP contribution in [-0.4, -0.2) is 49.4 Å². The summed E-state index contributed by atoms with van der Waals surface area (Å²) in [5.41, 5.74) is 5.07. The summed E-state index contributed by atoms with van der Waals surface area (Å²) in [6.45, 7) is 11.3. The van der Waals surface area contributed by atoms with Crippen LogP contribution in [0.1, 0.15) is 72.3 Å². The van der Waals surface area contributed by atoms with Gasteiger partial charge in [-0.05, 0) is 75.6 Å². The van der Waals surface area contributed by atoms with Crippen molar-refractivity contribution in [3.05, 3.63) is 56.5 Å². The Hall–Kier alpha value is -2.25. The zero-order valence-corrected chi connectivity index (χ0v) is 23.3. The first-order valence-electron chi connectivity index (χ1n) is 13.0. The summed E-state index contributed by atoms with van der Waals surface area (Å²) < 4.78 is 0. The molecule has 1 amide bonds. The molecule has 35 heavy (non-hydrogen) atoms. The van der Waals surface area contributed by atoms with Crippen molar-refractivity contribution in [2.75, 3.05) is 31.3 Å². The van der Waals surface area contributed by atoms with E-state index in [1.807, 2.05) is 26.0 Å². The highest BCUT2D eigenvalue weighted by atomic mass is 32.2. The van der Waals surface area contributed by atoms with Crippen molar-refractivity contribution >= 4 is 23.4 Å². The molecule has 1 aliphatic carbocycles.